The molecule has 4 aromatic rings. The van der Waals surface area contributed by atoms with Crippen LogP contribution in [0, 0.1) is 11.6 Å². The lowest BCUT2D eigenvalue weighted by Crippen LogP contribution is -2.47. The lowest BCUT2D eigenvalue weighted by molar-refractivity contribution is -0.137. The molecule has 4 heterocycles. The standard InChI is InChI=1S/C24H20F2N6O3/c1-14-5-4-9-31(21(14)24(33)34)23-17(26)12-27-22(28-23)19-11-20(18-8-10-35-30-18)32(29-19)13-15-6-2-3-7-16(15)25/h2-3,6-8,10-12,21H,1,4-5,9,13H2,(H,33,34)/t21-/m1/s1. The molecule has 0 saturated carbocycles. The van der Waals surface area contributed by atoms with Crippen molar-refractivity contribution in [3.8, 4) is 22.9 Å². The maximum Gasteiger partial charge on any atom is 0.330 e. The number of anilines is 1. The molecule has 5 rings (SSSR count). The van der Waals surface area contributed by atoms with Gasteiger partial charge in [0.05, 0.1) is 18.4 Å². The summed E-state index contributed by atoms with van der Waals surface area (Å²) < 4.78 is 35.6. The van der Waals surface area contributed by atoms with Crippen molar-refractivity contribution < 1.29 is 23.2 Å². The van der Waals surface area contributed by atoms with Crippen LogP contribution >= 0.6 is 0 Å². The van der Waals surface area contributed by atoms with Gasteiger partial charge in [0.15, 0.2) is 17.5 Å². The Labute approximate surface area is 198 Å². The zero-order chi connectivity index (χ0) is 24.5. The highest BCUT2D eigenvalue weighted by Gasteiger charge is 2.34. The number of carbonyl (C=O) groups is 1. The molecule has 1 aliphatic rings. The van der Waals surface area contributed by atoms with Crippen molar-refractivity contribution in [2.45, 2.75) is 25.4 Å². The third kappa shape index (κ3) is 4.27. The molecule has 0 unspecified atom stereocenters. The zero-order valence-corrected chi connectivity index (χ0v) is 18.4. The van der Waals surface area contributed by atoms with E-state index in [4.69, 9.17) is 4.52 Å². The van der Waals surface area contributed by atoms with Gasteiger partial charge in [-0.1, -0.05) is 29.9 Å². The SMILES string of the molecule is C=C1CCCN(c2nc(-c3cc(-c4ccon4)n(Cc4ccccc4F)n3)ncc2F)[C@H]1C(=O)O. The molecule has 0 spiro atoms. The van der Waals surface area contributed by atoms with Crippen LogP contribution < -0.4 is 4.90 Å². The summed E-state index contributed by atoms with van der Waals surface area (Å²) in [4.78, 5) is 21.7. The van der Waals surface area contributed by atoms with Crippen LogP contribution in [-0.2, 0) is 11.3 Å². The molecule has 0 aliphatic carbocycles. The molecule has 1 N–H and O–H groups in total. The van der Waals surface area contributed by atoms with E-state index in [1.807, 2.05) is 0 Å². The first-order valence-electron chi connectivity index (χ1n) is 10.8. The molecule has 3 aromatic heterocycles. The van der Waals surface area contributed by atoms with Crippen LogP contribution in [0.25, 0.3) is 22.9 Å². The Morgan fingerprint density at radius 2 is 2.03 bits per heavy atom. The number of benzene rings is 1. The molecular weight excluding hydrogens is 458 g/mol. The zero-order valence-electron chi connectivity index (χ0n) is 18.4. The monoisotopic (exact) mass is 478 g/mol. The number of carboxylic acid groups (broad SMARTS) is 1. The van der Waals surface area contributed by atoms with Crippen LogP contribution in [0.4, 0.5) is 14.6 Å². The van der Waals surface area contributed by atoms with Crippen LogP contribution in [0.2, 0.25) is 0 Å². The van der Waals surface area contributed by atoms with Gasteiger partial charge in [-0.25, -0.2) is 23.5 Å². The predicted molar refractivity (Wildman–Crippen MR) is 121 cm³/mol. The molecule has 0 bridgehead atoms. The molecule has 0 amide bonds. The Morgan fingerprint density at radius 1 is 1.20 bits per heavy atom. The normalized spacial score (nSPS) is 16.0. The number of piperidine rings is 1. The van der Waals surface area contributed by atoms with Crippen molar-refractivity contribution in [3.63, 3.8) is 0 Å². The number of carboxylic acids is 1. The van der Waals surface area contributed by atoms with E-state index in [0.717, 1.165) is 6.20 Å². The predicted octanol–water partition coefficient (Wildman–Crippen LogP) is 3.93. The van der Waals surface area contributed by atoms with Gasteiger partial charge in [0.1, 0.15) is 29.5 Å². The Bertz CT molecular complexity index is 1400. The second kappa shape index (κ2) is 9.09. The van der Waals surface area contributed by atoms with Crippen LogP contribution in [0.5, 0.6) is 0 Å². The fraction of sp³-hybridized carbons (Fsp3) is 0.208. The lowest BCUT2D eigenvalue weighted by Gasteiger charge is -2.35. The highest BCUT2D eigenvalue weighted by Crippen LogP contribution is 2.31. The fourth-order valence-electron chi connectivity index (χ4n) is 4.17. The maximum absolute atomic E-state index is 14.8. The van der Waals surface area contributed by atoms with Crippen molar-refractivity contribution in [2.75, 3.05) is 11.4 Å². The van der Waals surface area contributed by atoms with E-state index in [1.165, 1.54) is 21.9 Å². The van der Waals surface area contributed by atoms with Gasteiger partial charge in [-0.05, 0) is 30.5 Å². The molecule has 1 aliphatic heterocycles. The highest BCUT2D eigenvalue weighted by molar-refractivity contribution is 5.82. The Balaban J connectivity index is 1.57. The Hall–Kier alpha value is -4.41. The molecule has 0 radical (unpaired) electrons. The van der Waals surface area contributed by atoms with Gasteiger partial charge in [-0.15, -0.1) is 0 Å². The Morgan fingerprint density at radius 3 is 2.77 bits per heavy atom. The van der Waals surface area contributed by atoms with E-state index >= 15 is 0 Å². The number of aromatic nitrogens is 5. The molecule has 1 fully saturated rings. The average molecular weight is 478 g/mol. The van der Waals surface area contributed by atoms with Gasteiger partial charge in [-0.2, -0.15) is 5.10 Å². The summed E-state index contributed by atoms with van der Waals surface area (Å²) in [6.45, 7) is 4.24. The summed E-state index contributed by atoms with van der Waals surface area (Å²) >= 11 is 0. The minimum Gasteiger partial charge on any atom is -0.479 e. The third-order valence-corrected chi connectivity index (χ3v) is 5.81. The number of hydrogen-bond donors (Lipinski definition) is 1. The van der Waals surface area contributed by atoms with Crippen molar-refractivity contribution in [1.29, 1.82) is 0 Å². The van der Waals surface area contributed by atoms with Crippen LogP contribution in [0.1, 0.15) is 18.4 Å². The third-order valence-electron chi connectivity index (χ3n) is 5.81. The molecule has 178 valence electrons. The van der Waals surface area contributed by atoms with Gasteiger partial charge in [-0.3, -0.25) is 4.68 Å². The summed E-state index contributed by atoms with van der Waals surface area (Å²) in [5.41, 5.74) is 2.14. The number of rotatable bonds is 6. The van der Waals surface area contributed by atoms with E-state index in [2.05, 4.69) is 26.8 Å². The summed E-state index contributed by atoms with van der Waals surface area (Å²) in [5, 5.41) is 18.2. The first-order valence-corrected chi connectivity index (χ1v) is 10.8. The Kier molecular flexibility index (Phi) is 5.81. The molecule has 1 saturated heterocycles. The first kappa shape index (κ1) is 22.4. The summed E-state index contributed by atoms with van der Waals surface area (Å²) in [5.74, 6) is -2.33. The van der Waals surface area contributed by atoms with Gasteiger partial charge in [0.2, 0.25) is 0 Å². The van der Waals surface area contributed by atoms with Crippen LogP contribution in [-0.4, -0.2) is 48.6 Å². The van der Waals surface area contributed by atoms with E-state index in [1.54, 1.807) is 30.3 Å². The van der Waals surface area contributed by atoms with E-state index in [9.17, 15) is 18.7 Å². The molecule has 11 heteroatoms. The minimum absolute atomic E-state index is 0.0822. The number of halogens is 2. The van der Waals surface area contributed by atoms with E-state index in [0.29, 0.717) is 41.9 Å². The molecule has 9 nitrogen and oxygen atoms in total. The van der Waals surface area contributed by atoms with E-state index < -0.39 is 17.8 Å². The summed E-state index contributed by atoms with van der Waals surface area (Å²) in [6.07, 6.45) is 3.54. The van der Waals surface area contributed by atoms with E-state index in [-0.39, 0.29) is 29.7 Å². The van der Waals surface area contributed by atoms with Crippen LogP contribution in [0.15, 0.2) is 65.5 Å². The summed E-state index contributed by atoms with van der Waals surface area (Å²) in [6, 6.07) is 8.50. The van der Waals surface area contributed by atoms with Gasteiger partial charge in [0.25, 0.3) is 0 Å². The second-order valence-corrected chi connectivity index (χ2v) is 8.11. The van der Waals surface area contributed by atoms with Crippen molar-refractivity contribution >= 4 is 11.8 Å². The van der Waals surface area contributed by atoms with Crippen molar-refractivity contribution in [2.24, 2.45) is 0 Å². The molecule has 1 aromatic carbocycles. The largest absolute Gasteiger partial charge is 0.479 e. The molecular formula is C24H20F2N6O3. The maximum atomic E-state index is 14.8. The second-order valence-electron chi connectivity index (χ2n) is 8.11. The van der Waals surface area contributed by atoms with Crippen LogP contribution in [0.3, 0.4) is 0 Å². The van der Waals surface area contributed by atoms with Gasteiger partial charge >= 0.3 is 5.97 Å². The number of hydrogen-bond acceptors (Lipinski definition) is 7. The average Bonchev–Trinajstić information content (AvgIpc) is 3.51. The fourth-order valence-corrected chi connectivity index (χ4v) is 4.17. The lowest BCUT2D eigenvalue weighted by atomic mass is 9.97. The minimum atomic E-state index is -1.13. The molecule has 1 atom stereocenters. The number of aliphatic carboxylic acids is 1. The van der Waals surface area contributed by atoms with Crippen molar-refractivity contribution in [1.82, 2.24) is 24.9 Å². The smallest absolute Gasteiger partial charge is 0.330 e. The topological polar surface area (TPSA) is 110 Å². The molecule has 35 heavy (non-hydrogen) atoms. The summed E-state index contributed by atoms with van der Waals surface area (Å²) in [7, 11) is 0. The van der Waals surface area contributed by atoms with Crippen molar-refractivity contribution in [3.05, 3.63) is 78.2 Å². The quantitative estimate of drug-likeness (QED) is 0.415. The van der Waals surface area contributed by atoms with Gasteiger partial charge in [0, 0.05) is 18.2 Å². The highest BCUT2D eigenvalue weighted by atomic mass is 19.1. The van der Waals surface area contributed by atoms with Gasteiger partial charge < -0.3 is 14.5 Å². The number of nitrogens with zero attached hydrogens (tertiary/aromatic N) is 6. The first-order chi connectivity index (χ1) is 16.9.